The van der Waals surface area contributed by atoms with Crippen LogP contribution < -0.4 is 0 Å². The summed E-state index contributed by atoms with van der Waals surface area (Å²) < 4.78 is 39.6. The Bertz CT molecular complexity index is 802. The number of hydrogen-bond acceptors (Lipinski definition) is 3. The number of carbonyl (C=O) groups is 1. The molecule has 1 aromatic heterocycles. The molecule has 0 saturated carbocycles. The molecule has 1 N–H and O–H groups in total. The fourth-order valence-electron chi connectivity index (χ4n) is 2.33. The molecule has 5 nitrogen and oxygen atoms in total. The molecule has 0 amide bonds. The standard InChI is InChI=1S/C16H14F3N3O2/c1-9-13(8-20)15(21-22(9)10(2)16(17,18)19)12-5-3-11(4-6-12)7-14(23)24/h3-6,10H,7H2,1-2H3,(H,23,24). The first-order chi connectivity index (χ1) is 11.1. The van der Waals surface area contributed by atoms with E-state index in [1.165, 1.54) is 6.92 Å². The topological polar surface area (TPSA) is 78.9 Å². The molecule has 0 fully saturated rings. The second-order valence-corrected chi connectivity index (χ2v) is 5.35. The fourth-order valence-corrected chi connectivity index (χ4v) is 2.33. The Morgan fingerprint density at radius 1 is 1.38 bits per heavy atom. The van der Waals surface area contributed by atoms with Crippen LogP contribution in [0.4, 0.5) is 13.2 Å². The molecule has 1 heterocycles. The molecule has 2 rings (SSSR count). The van der Waals surface area contributed by atoms with Crippen molar-refractivity contribution < 1.29 is 23.1 Å². The van der Waals surface area contributed by atoms with Crippen LogP contribution in [0.15, 0.2) is 24.3 Å². The first-order valence-corrected chi connectivity index (χ1v) is 7.02. The zero-order valence-electron chi connectivity index (χ0n) is 12.9. The summed E-state index contributed by atoms with van der Waals surface area (Å²) in [4.78, 5) is 10.7. The van der Waals surface area contributed by atoms with E-state index >= 15 is 0 Å². The number of benzene rings is 1. The van der Waals surface area contributed by atoms with Crippen molar-refractivity contribution in [2.75, 3.05) is 0 Å². The molecule has 0 aliphatic rings. The highest BCUT2D eigenvalue weighted by molar-refractivity contribution is 5.72. The van der Waals surface area contributed by atoms with Crippen molar-refractivity contribution in [3.63, 3.8) is 0 Å². The van der Waals surface area contributed by atoms with Gasteiger partial charge in [-0.1, -0.05) is 24.3 Å². The smallest absolute Gasteiger partial charge is 0.410 e. The molecule has 126 valence electrons. The average molecular weight is 337 g/mol. The van der Waals surface area contributed by atoms with E-state index in [1.54, 1.807) is 24.3 Å². The van der Waals surface area contributed by atoms with E-state index < -0.39 is 18.2 Å². The van der Waals surface area contributed by atoms with E-state index in [0.717, 1.165) is 11.6 Å². The summed E-state index contributed by atoms with van der Waals surface area (Å²) in [5.41, 5.74) is 1.35. The molecule has 1 unspecified atom stereocenters. The van der Waals surface area contributed by atoms with Gasteiger partial charge in [-0.2, -0.15) is 23.5 Å². The van der Waals surface area contributed by atoms with Gasteiger partial charge in [-0.25, -0.2) is 0 Å². The van der Waals surface area contributed by atoms with Crippen LogP contribution in [0.25, 0.3) is 11.3 Å². The normalized spacial score (nSPS) is 12.7. The van der Waals surface area contributed by atoms with E-state index in [9.17, 15) is 23.2 Å². The average Bonchev–Trinajstić information content (AvgIpc) is 2.82. The Kier molecular flexibility index (Phi) is 4.64. The summed E-state index contributed by atoms with van der Waals surface area (Å²) >= 11 is 0. The van der Waals surface area contributed by atoms with Gasteiger partial charge in [0.25, 0.3) is 0 Å². The third kappa shape index (κ3) is 3.40. The van der Waals surface area contributed by atoms with Crippen molar-refractivity contribution in [3.8, 4) is 17.3 Å². The molecule has 0 spiro atoms. The minimum Gasteiger partial charge on any atom is -0.481 e. The number of carboxylic acid groups (broad SMARTS) is 1. The van der Waals surface area contributed by atoms with Crippen LogP contribution in [-0.4, -0.2) is 27.0 Å². The monoisotopic (exact) mass is 337 g/mol. The fraction of sp³-hybridized carbons (Fsp3) is 0.312. The Hall–Kier alpha value is -2.82. The van der Waals surface area contributed by atoms with Crippen molar-refractivity contribution >= 4 is 5.97 Å². The summed E-state index contributed by atoms with van der Waals surface area (Å²) in [5, 5.41) is 22.0. The van der Waals surface area contributed by atoms with Crippen LogP contribution in [0, 0.1) is 18.3 Å². The van der Waals surface area contributed by atoms with Crippen LogP contribution in [0.1, 0.15) is 29.8 Å². The maximum atomic E-state index is 12.9. The zero-order valence-corrected chi connectivity index (χ0v) is 12.9. The van der Waals surface area contributed by atoms with Gasteiger partial charge in [-0.15, -0.1) is 0 Å². The van der Waals surface area contributed by atoms with Crippen LogP contribution in [0.2, 0.25) is 0 Å². The number of carboxylic acids is 1. The van der Waals surface area contributed by atoms with Gasteiger partial charge in [0.2, 0.25) is 0 Å². The third-order valence-corrected chi connectivity index (χ3v) is 3.69. The lowest BCUT2D eigenvalue weighted by Gasteiger charge is -2.17. The number of rotatable bonds is 4. The van der Waals surface area contributed by atoms with E-state index in [0.29, 0.717) is 11.1 Å². The minimum atomic E-state index is -4.48. The highest BCUT2D eigenvalue weighted by Gasteiger charge is 2.39. The van der Waals surface area contributed by atoms with Crippen LogP contribution >= 0.6 is 0 Å². The Morgan fingerprint density at radius 3 is 2.42 bits per heavy atom. The molecule has 0 radical (unpaired) electrons. The molecular weight excluding hydrogens is 323 g/mol. The number of aromatic nitrogens is 2. The number of nitriles is 1. The van der Waals surface area contributed by atoms with Gasteiger partial charge in [0.15, 0.2) is 0 Å². The lowest BCUT2D eigenvalue weighted by Crippen LogP contribution is -2.25. The summed E-state index contributed by atoms with van der Waals surface area (Å²) in [6.07, 6.45) is -4.64. The molecule has 1 aromatic carbocycles. The number of halogens is 3. The number of aliphatic carboxylic acids is 1. The Morgan fingerprint density at radius 2 is 1.96 bits per heavy atom. The predicted molar refractivity (Wildman–Crippen MR) is 79.2 cm³/mol. The van der Waals surface area contributed by atoms with Crippen LogP contribution in [-0.2, 0) is 11.2 Å². The molecule has 8 heteroatoms. The third-order valence-electron chi connectivity index (χ3n) is 3.69. The van der Waals surface area contributed by atoms with Crippen molar-refractivity contribution in [1.29, 1.82) is 5.26 Å². The van der Waals surface area contributed by atoms with Gasteiger partial charge in [0.05, 0.1) is 12.1 Å². The number of alkyl halides is 3. The quantitative estimate of drug-likeness (QED) is 0.926. The molecule has 0 bridgehead atoms. The molecule has 2 aromatic rings. The van der Waals surface area contributed by atoms with E-state index in [2.05, 4.69) is 5.10 Å². The van der Waals surface area contributed by atoms with Gasteiger partial charge >= 0.3 is 12.1 Å². The minimum absolute atomic E-state index is 0.0667. The predicted octanol–water partition coefficient (Wildman–Crippen LogP) is 3.48. The lowest BCUT2D eigenvalue weighted by atomic mass is 10.0. The Balaban J connectivity index is 2.48. The molecule has 0 saturated heterocycles. The zero-order chi connectivity index (χ0) is 18.1. The highest BCUT2D eigenvalue weighted by Crippen LogP contribution is 2.34. The van der Waals surface area contributed by atoms with Gasteiger partial charge < -0.3 is 5.11 Å². The van der Waals surface area contributed by atoms with Crippen molar-refractivity contribution in [2.24, 2.45) is 0 Å². The molecule has 0 aliphatic heterocycles. The van der Waals surface area contributed by atoms with Gasteiger partial charge in [0, 0.05) is 5.56 Å². The second-order valence-electron chi connectivity index (χ2n) is 5.35. The molecule has 0 aliphatic carbocycles. The second kappa shape index (κ2) is 6.35. The first kappa shape index (κ1) is 17.5. The maximum absolute atomic E-state index is 12.9. The van der Waals surface area contributed by atoms with Gasteiger partial charge in [-0.05, 0) is 19.4 Å². The summed E-state index contributed by atoms with van der Waals surface area (Å²) in [5.74, 6) is -0.986. The SMILES string of the molecule is Cc1c(C#N)c(-c2ccc(CC(=O)O)cc2)nn1C(C)C(F)(F)F. The van der Waals surface area contributed by atoms with Crippen LogP contribution in [0.5, 0.6) is 0 Å². The lowest BCUT2D eigenvalue weighted by molar-refractivity contribution is -0.165. The van der Waals surface area contributed by atoms with Gasteiger partial charge in [-0.3, -0.25) is 9.48 Å². The molecule has 1 atom stereocenters. The van der Waals surface area contributed by atoms with Gasteiger partial charge in [0.1, 0.15) is 23.4 Å². The first-order valence-electron chi connectivity index (χ1n) is 7.02. The summed E-state index contributed by atoms with van der Waals surface area (Å²) in [6, 6.07) is 6.22. The summed E-state index contributed by atoms with van der Waals surface area (Å²) in [7, 11) is 0. The van der Waals surface area contributed by atoms with Crippen molar-refractivity contribution in [2.45, 2.75) is 32.5 Å². The molecular formula is C16H14F3N3O2. The van der Waals surface area contributed by atoms with E-state index in [-0.39, 0.29) is 23.4 Å². The van der Waals surface area contributed by atoms with Crippen molar-refractivity contribution in [3.05, 3.63) is 41.1 Å². The number of hydrogen-bond donors (Lipinski definition) is 1. The van der Waals surface area contributed by atoms with E-state index in [4.69, 9.17) is 5.11 Å². The highest BCUT2D eigenvalue weighted by atomic mass is 19.4. The largest absolute Gasteiger partial charge is 0.481 e. The maximum Gasteiger partial charge on any atom is 0.410 e. The van der Waals surface area contributed by atoms with E-state index in [1.807, 2.05) is 6.07 Å². The molecule has 24 heavy (non-hydrogen) atoms. The Labute approximate surface area is 135 Å². The number of nitrogens with zero attached hydrogens (tertiary/aromatic N) is 3. The van der Waals surface area contributed by atoms with Crippen LogP contribution in [0.3, 0.4) is 0 Å². The summed E-state index contributed by atoms with van der Waals surface area (Å²) in [6.45, 7) is 2.39. The van der Waals surface area contributed by atoms with Crippen molar-refractivity contribution in [1.82, 2.24) is 9.78 Å².